The Bertz CT molecular complexity index is 3000. The van der Waals surface area contributed by atoms with Crippen molar-refractivity contribution in [2.45, 2.75) is 6.92 Å². The highest BCUT2D eigenvalue weighted by Gasteiger charge is 2.22. The monoisotopic (exact) mass is 732 g/mol. The first-order valence-electron chi connectivity index (χ1n) is 19.5. The van der Waals surface area contributed by atoms with E-state index in [1.54, 1.807) is 0 Å². The van der Waals surface area contributed by atoms with Crippen molar-refractivity contribution in [1.29, 1.82) is 0 Å². The Morgan fingerprint density at radius 3 is 1.75 bits per heavy atom. The van der Waals surface area contributed by atoms with Gasteiger partial charge in [-0.2, -0.15) is 0 Å². The summed E-state index contributed by atoms with van der Waals surface area (Å²) in [6.45, 7) is 2.17. The van der Waals surface area contributed by atoms with Crippen molar-refractivity contribution in [3.05, 3.63) is 212 Å². The third-order valence-electron chi connectivity index (χ3n) is 11.1. The summed E-state index contributed by atoms with van der Waals surface area (Å²) >= 11 is 0. The number of imidazole rings is 1. The third kappa shape index (κ3) is 5.99. The molecule has 0 N–H and O–H groups in total. The summed E-state index contributed by atoms with van der Waals surface area (Å²) in [5.41, 5.74) is 15.8. The van der Waals surface area contributed by atoms with Gasteiger partial charge in [0.15, 0.2) is 0 Å². The minimum absolute atomic E-state index is 0.927. The van der Waals surface area contributed by atoms with Crippen LogP contribution in [0, 0.1) is 6.92 Å². The maximum absolute atomic E-state index is 5.28. The normalized spacial score (nSPS) is 11.3. The molecule has 0 fully saturated rings. The lowest BCUT2D eigenvalue weighted by Gasteiger charge is -2.26. The molecule has 0 atom stereocenters. The first kappa shape index (κ1) is 34.1. The van der Waals surface area contributed by atoms with Crippen LogP contribution in [0.15, 0.2) is 206 Å². The quantitative estimate of drug-likeness (QED) is 0.155. The van der Waals surface area contributed by atoms with Crippen LogP contribution in [0.5, 0.6) is 0 Å². The van der Waals surface area contributed by atoms with Crippen LogP contribution in [-0.4, -0.2) is 14.1 Å². The minimum Gasteiger partial charge on any atom is -0.327 e. The van der Waals surface area contributed by atoms with Gasteiger partial charge in [-0.15, -0.1) is 0 Å². The Labute approximate surface area is 333 Å². The Kier molecular flexibility index (Phi) is 8.57. The van der Waals surface area contributed by atoms with Gasteiger partial charge in [0.1, 0.15) is 5.82 Å². The van der Waals surface area contributed by atoms with Gasteiger partial charge in [0, 0.05) is 51.6 Å². The van der Waals surface area contributed by atoms with Crippen LogP contribution >= 0.6 is 0 Å². The van der Waals surface area contributed by atoms with E-state index in [9.17, 15) is 0 Å². The number of benzene rings is 8. The molecule has 0 saturated heterocycles. The Morgan fingerprint density at radius 1 is 0.456 bits per heavy atom. The van der Waals surface area contributed by atoms with Crippen LogP contribution in [-0.2, 0) is 7.05 Å². The molecule has 57 heavy (non-hydrogen) atoms. The van der Waals surface area contributed by atoms with E-state index in [1.807, 2.05) is 0 Å². The van der Waals surface area contributed by atoms with E-state index in [-0.39, 0.29) is 0 Å². The molecule has 0 radical (unpaired) electrons. The summed E-state index contributed by atoms with van der Waals surface area (Å²) in [7, 11) is 2.12. The number of fused-ring (bicyclic) bond motifs is 3. The van der Waals surface area contributed by atoms with E-state index in [4.69, 9.17) is 4.98 Å². The fraction of sp³-hybridized carbons (Fsp3) is 0.0377. The summed E-state index contributed by atoms with van der Waals surface area (Å²) in [6, 6.07) is 73.6. The van der Waals surface area contributed by atoms with E-state index in [1.165, 1.54) is 27.5 Å². The molecule has 0 spiro atoms. The number of para-hydroxylation sites is 2. The maximum Gasteiger partial charge on any atom is 0.140 e. The molecule has 0 aliphatic heterocycles. The SMILES string of the molecule is Cc1ccccc1-c1ccc(N(c2ccccc2)c2cccc3c2c2ccccc2n3-c2ccc(-c3nc(-c4ccccc4)c(-c4ccccc4)n3C)cc2)cc1. The zero-order valence-electron chi connectivity index (χ0n) is 31.9. The van der Waals surface area contributed by atoms with Gasteiger partial charge < -0.3 is 14.0 Å². The third-order valence-corrected chi connectivity index (χ3v) is 11.1. The molecule has 10 aromatic rings. The first-order chi connectivity index (χ1) is 28.1. The summed E-state index contributed by atoms with van der Waals surface area (Å²) in [4.78, 5) is 7.67. The van der Waals surface area contributed by atoms with E-state index >= 15 is 0 Å². The second-order valence-electron chi connectivity index (χ2n) is 14.5. The number of anilines is 3. The molecule has 0 saturated carbocycles. The molecule has 0 aliphatic carbocycles. The predicted octanol–water partition coefficient (Wildman–Crippen LogP) is 14.0. The molecule has 2 heterocycles. The van der Waals surface area contributed by atoms with E-state index < -0.39 is 0 Å². The molecule has 272 valence electrons. The summed E-state index contributed by atoms with van der Waals surface area (Å²) in [5, 5.41) is 2.40. The van der Waals surface area contributed by atoms with Gasteiger partial charge in [-0.1, -0.05) is 140 Å². The van der Waals surface area contributed by atoms with Gasteiger partial charge in [0.25, 0.3) is 0 Å². The van der Waals surface area contributed by atoms with E-state index in [0.717, 1.165) is 67.7 Å². The molecule has 4 nitrogen and oxygen atoms in total. The van der Waals surface area contributed by atoms with Crippen molar-refractivity contribution in [1.82, 2.24) is 14.1 Å². The molecule has 0 amide bonds. The molecular weight excluding hydrogens is 693 g/mol. The first-order valence-corrected chi connectivity index (χ1v) is 19.5. The van der Waals surface area contributed by atoms with Crippen molar-refractivity contribution in [3.63, 3.8) is 0 Å². The van der Waals surface area contributed by atoms with Gasteiger partial charge in [-0.3, -0.25) is 0 Å². The fourth-order valence-corrected chi connectivity index (χ4v) is 8.40. The second-order valence-corrected chi connectivity index (χ2v) is 14.5. The molecule has 0 bridgehead atoms. The van der Waals surface area contributed by atoms with E-state index in [2.05, 4.69) is 234 Å². The number of aromatic nitrogens is 3. The largest absolute Gasteiger partial charge is 0.327 e. The van der Waals surface area contributed by atoms with Crippen LogP contribution in [0.4, 0.5) is 17.1 Å². The lowest BCUT2D eigenvalue weighted by molar-refractivity contribution is 0.933. The van der Waals surface area contributed by atoms with Crippen molar-refractivity contribution >= 4 is 38.9 Å². The second kappa shape index (κ2) is 14.3. The average molecular weight is 733 g/mol. The smallest absolute Gasteiger partial charge is 0.140 e. The van der Waals surface area contributed by atoms with Crippen molar-refractivity contribution in [2.75, 3.05) is 4.90 Å². The van der Waals surface area contributed by atoms with Gasteiger partial charge in [-0.05, 0) is 90.3 Å². The highest BCUT2D eigenvalue weighted by molar-refractivity contribution is 6.16. The Morgan fingerprint density at radius 2 is 1.04 bits per heavy atom. The molecule has 0 aliphatic rings. The number of nitrogens with zero attached hydrogens (tertiary/aromatic N) is 4. The van der Waals surface area contributed by atoms with Crippen molar-refractivity contribution in [2.24, 2.45) is 7.05 Å². The standard InChI is InChI=1S/C53H40N4/c1-37-17-12-13-24-45(37)38-29-33-43(34-30-38)56(42-22-10-5-11-23-42)48-27-16-28-49-50(48)46-25-14-15-26-47(46)57(49)44-35-31-41(32-36-44)53-54-51(39-18-6-3-7-19-39)52(55(53)2)40-20-8-4-9-21-40/h3-36H,1-2H3. The fourth-order valence-electron chi connectivity index (χ4n) is 8.40. The highest BCUT2D eigenvalue weighted by atomic mass is 15.1. The maximum atomic E-state index is 5.28. The van der Waals surface area contributed by atoms with Gasteiger partial charge in [0.2, 0.25) is 0 Å². The van der Waals surface area contributed by atoms with Crippen molar-refractivity contribution in [3.8, 4) is 50.7 Å². The Balaban J connectivity index is 1.10. The minimum atomic E-state index is 0.927. The van der Waals surface area contributed by atoms with Crippen LogP contribution < -0.4 is 4.90 Å². The molecule has 2 aromatic heterocycles. The summed E-state index contributed by atoms with van der Waals surface area (Å²) in [6.07, 6.45) is 0. The molecule has 4 heteroatoms. The van der Waals surface area contributed by atoms with E-state index in [0.29, 0.717) is 0 Å². The zero-order chi connectivity index (χ0) is 38.3. The lowest BCUT2D eigenvalue weighted by atomic mass is 10.00. The van der Waals surface area contributed by atoms with Gasteiger partial charge in [-0.25, -0.2) is 4.98 Å². The lowest BCUT2D eigenvalue weighted by Crippen LogP contribution is -2.10. The highest BCUT2D eigenvalue weighted by Crippen LogP contribution is 2.44. The van der Waals surface area contributed by atoms with Gasteiger partial charge >= 0.3 is 0 Å². The number of aryl methyl sites for hydroxylation is 1. The number of hydrogen-bond acceptors (Lipinski definition) is 2. The Hall–Kier alpha value is -7.43. The van der Waals surface area contributed by atoms with Crippen LogP contribution in [0.1, 0.15) is 5.56 Å². The molecule has 0 unspecified atom stereocenters. The zero-order valence-corrected chi connectivity index (χ0v) is 31.9. The molecular formula is C53H40N4. The topological polar surface area (TPSA) is 26.0 Å². The van der Waals surface area contributed by atoms with Crippen LogP contribution in [0.3, 0.4) is 0 Å². The van der Waals surface area contributed by atoms with Crippen molar-refractivity contribution < 1.29 is 0 Å². The number of hydrogen-bond donors (Lipinski definition) is 0. The van der Waals surface area contributed by atoms with Crippen LogP contribution in [0.2, 0.25) is 0 Å². The molecule has 8 aromatic carbocycles. The summed E-state index contributed by atoms with van der Waals surface area (Å²) < 4.78 is 4.62. The van der Waals surface area contributed by atoms with Gasteiger partial charge in [0.05, 0.1) is 28.1 Å². The summed E-state index contributed by atoms with van der Waals surface area (Å²) in [5.74, 6) is 0.927. The predicted molar refractivity (Wildman–Crippen MR) is 239 cm³/mol. The number of rotatable bonds is 8. The molecule has 10 rings (SSSR count). The average Bonchev–Trinajstić information content (AvgIpc) is 3.80. The van der Waals surface area contributed by atoms with Crippen LogP contribution in [0.25, 0.3) is 72.5 Å².